The van der Waals surface area contributed by atoms with Crippen LogP contribution in [0.25, 0.3) is 0 Å². The maximum atomic E-state index is 13.6. The summed E-state index contributed by atoms with van der Waals surface area (Å²) in [6.07, 6.45) is -0.330. The molecule has 0 spiro atoms. The average Bonchev–Trinajstić information content (AvgIpc) is 3.44. The molecule has 46 heavy (non-hydrogen) atoms. The van der Waals surface area contributed by atoms with Crippen LogP contribution in [0.2, 0.25) is 0 Å². The quantitative estimate of drug-likeness (QED) is 0.0931. The lowest BCUT2D eigenvalue weighted by atomic mass is 9.71. The molecule has 2 amide bonds. The number of nitrogen functional groups attached to an aromatic ring is 1. The number of nitrogens with two attached hydrogens (primary N) is 1. The summed E-state index contributed by atoms with van der Waals surface area (Å²) in [4.78, 5) is 48.4. The molecule has 4 N–H and O–H groups in total. The van der Waals surface area contributed by atoms with Crippen molar-refractivity contribution in [1.29, 1.82) is 0 Å². The zero-order valence-electron chi connectivity index (χ0n) is 23.4. The number of anilines is 1. The fourth-order valence-corrected chi connectivity index (χ4v) is 6.41. The first-order valence-corrected chi connectivity index (χ1v) is 15.4. The number of halogens is 3. The molecule has 0 saturated carbocycles. The summed E-state index contributed by atoms with van der Waals surface area (Å²) >= 11 is 0.753. The van der Waals surface area contributed by atoms with Crippen LogP contribution in [-0.2, 0) is 33.5 Å². The Kier molecular flexibility index (Phi) is 8.72. The Balaban J connectivity index is 1.63. The number of benzene rings is 2. The number of aromatic nitrogens is 2. The van der Waals surface area contributed by atoms with Gasteiger partial charge in [-0.25, -0.2) is 4.79 Å². The number of hydrogen-bond acceptors (Lipinski definition) is 12. The SMILES string of the molecule is CON=C(C(=O)N[C@@H]1C(=O)N2C(C(=O)O)=C(OS(=O)(=O)C(F)(F)F)C(C(c3ccccc3)c3ccccc3)C[C@H]12)c1nsc(N)n1. The Labute approximate surface area is 262 Å². The highest BCUT2D eigenvalue weighted by Crippen LogP contribution is 2.49. The molecule has 19 heteroatoms. The minimum atomic E-state index is -6.39. The number of carboxylic acid groups (broad SMARTS) is 1. The normalized spacial score (nSPS) is 20.2. The molecule has 0 aliphatic carbocycles. The van der Waals surface area contributed by atoms with E-state index in [1.54, 1.807) is 60.7 Å². The molecule has 3 heterocycles. The molecular weight excluding hydrogens is 657 g/mol. The molecule has 1 unspecified atom stereocenters. The molecule has 0 bridgehead atoms. The number of β-lactam (4-membered cyclic amide) rings is 1. The first-order valence-electron chi connectivity index (χ1n) is 13.2. The molecule has 242 valence electrons. The van der Waals surface area contributed by atoms with Crippen LogP contribution in [0.3, 0.4) is 0 Å². The number of amides is 2. The van der Waals surface area contributed by atoms with Gasteiger partial charge in [-0.05, 0) is 17.5 Å². The van der Waals surface area contributed by atoms with Crippen molar-refractivity contribution in [3.05, 3.63) is 89.1 Å². The van der Waals surface area contributed by atoms with Gasteiger partial charge in [-0.3, -0.25) is 14.5 Å². The fraction of sp³-hybridized carbons (Fsp3) is 0.259. The van der Waals surface area contributed by atoms with Crippen molar-refractivity contribution in [3.63, 3.8) is 0 Å². The number of hydrogen-bond donors (Lipinski definition) is 3. The third-order valence-corrected chi connectivity index (χ3v) is 8.78. The van der Waals surface area contributed by atoms with Crippen LogP contribution >= 0.6 is 11.5 Å². The molecule has 2 aromatic carbocycles. The fourth-order valence-electron chi connectivity index (χ4n) is 5.44. The van der Waals surface area contributed by atoms with E-state index in [0.717, 1.165) is 18.6 Å². The Hall–Kier alpha value is -5.04. The Morgan fingerprint density at radius 3 is 2.20 bits per heavy atom. The molecular formula is C27H23F3N6O8S2. The summed E-state index contributed by atoms with van der Waals surface area (Å²) in [7, 11) is -5.25. The number of nitrogens with one attached hydrogen (secondary N) is 1. The van der Waals surface area contributed by atoms with Gasteiger partial charge in [0.25, 0.3) is 11.8 Å². The minimum absolute atomic E-state index is 0.00179. The molecule has 3 aromatic rings. The summed E-state index contributed by atoms with van der Waals surface area (Å²) in [5, 5.41) is 16.2. The Morgan fingerprint density at radius 2 is 1.72 bits per heavy atom. The predicted octanol–water partition coefficient (Wildman–Crippen LogP) is 2.18. The van der Waals surface area contributed by atoms with E-state index in [4.69, 9.17) is 10.6 Å². The minimum Gasteiger partial charge on any atom is -0.476 e. The highest BCUT2D eigenvalue weighted by Gasteiger charge is 2.59. The molecule has 2 aliphatic rings. The van der Waals surface area contributed by atoms with Gasteiger partial charge in [0.05, 0.1) is 6.04 Å². The lowest BCUT2D eigenvalue weighted by Crippen LogP contribution is -2.73. The van der Waals surface area contributed by atoms with E-state index in [-0.39, 0.29) is 17.4 Å². The molecule has 1 aromatic heterocycles. The first-order chi connectivity index (χ1) is 21.7. The predicted molar refractivity (Wildman–Crippen MR) is 154 cm³/mol. The lowest BCUT2D eigenvalue weighted by Gasteiger charge is -2.52. The average molecular weight is 681 g/mol. The number of fused-ring (bicyclic) bond motifs is 1. The van der Waals surface area contributed by atoms with Crippen molar-refractivity contribution in [2.24, 2.45) is 11.1 Å². The van der Waals surface area contributed by atoms with Gasteiger partial charge in [0.15, 0.2) is 16.6 Å². The summed E-state index contributed by atoms with van der Waals surface area (Å²) in [6, 6.07) is 13.9. The van der Waals surface area contributed by atoms with Gasteiger partial charge in [-0.15, -0.1) is 0 Å². The molecule has 0 radical (unpaired) electrons. The Bertz CT molecular complexity index is 1790. The molecule has 1 saturated heterocycles. The summed E-state index contributed by atoms with van der Waals surface area (Å²) < 4.78 is 73.9. The van der Waals surface area contributed by atoms with Crippen LogP contribution in [0.15, 0.2) is 77.3 Å². The van der Waals surface area contributed by atoms with Crippen molar-refractivity contribution >= 4 is 50.3 Å². The number of nitrogens with zero attached hydrogens (tertiary/aromatic N) is 4. The first kappa shape index (κ1) is 32.4. The van der Waals surface area contributed by atoms with Crippen molar-refractivity contribution < 1.29 is 50.1 Å². The monoisotopic (exact) mass is 680 g/mol. The maximum absolute atomic E-state index is 13.6. The third-order valence-electron chi connectivity index (χ3n) is 7.27. The highest BCUT2D eigenvalue weighted by atomic mass is 32.2. The largest absolute Gasteiger partial charge is 0.534 e. The standard InChI is InChI=1S/C27H23F3N6O8S2/c1-43-34-19(22-33-26(31)45-35-22)23(37)32-18-16-12-15(17(13-8-4-2-5-9-13)14-10-6-3-7-11-14)21(44-46(41,42)27(28,29)30)20(25(39)40)36(16)24(18)38/h2-11,15-18H,12H2,1H3,(H,32,37)(H,39,40)(H2,31,33,35)/t15?,16-,18+/m1/s1. The van der Waals surface area contributed by atoms with E-state index in [1.165, 1.54) is 0 Å². The van der Waals surface area contributed by atoms with Crippen LogP contribution in [0, 0.1) is 5.92 Å². The smallest absolute Gasteiger partial charge is 0.476 e. The van der Waals surface area contributed by atoms with Crippen LogP contribution in [0.4, 0.5) is 18.3 Å². The second kappa shape index (κ2) is 12.4. The van der Waals surface area contributed by atoms with Crippen LogP contribution < -0.4 is 11.1 Å². The summed E-state index contributed by atoms with van der Waals surface area (Å²) in [6.45, 7) is 0. The number of oxime groups is 1. The molecule has 2 aliphatic heterocycles. The summed E-state index contributed by atoms with van der Waals surface area (Å²) in [5.74, 6) is -7.65. The maximum Gasteiger partial charge on any atom is 0.534 e. The van der Waals surface area contributed by atoms with Gasteiger partial charge >= 0.3 is 21.6 Å². The number of rotatable bonds is 10. The van der Waals surface area contributed by atoms with Gasteiger partial charge in [0.2, 0.25) is 11.5 Å². The van der Waals surface area contributed by atoms with Gasteiger partial charge in [0, 0.05) is 23.4 Å². The van der Waals surface area contributed by atoms with Crippen molar-refractivity contribution in [3.8, 4) is 0 Å². The van der Waals surface area contributed by atoms with E-state index in [1.807, 2.05) is 0 Å². The number of carbonyl (C=O) groups excluding carboxylic acids is 2. The van der Waals surface area contributed by atoms with E-state index in [9.17, 15) is 41.1 Å². The van der Waals surface area contributed by atoms with Gasteiger partial charge in [-0.2, -0.15) is 30.9 Å². The zero-order valence-corrected chi connectivity index (χ0v) is 25.0. The van der Waals surface area contributed by atoms with E-state index in [0.29, 0.717) is 16.0 Å². The third kappa shape index (κ3) is 5.97. The Morgan fingerprint density at radius 1 is 1.13 bits per heavy atom. The van der Waals surface area contributed by atoms with E-state index < -0.39 is 74.5 Å². The molecule has 5 rings (SSSR count). The van der Waals surface area contributed by atoms with Gasteiger partial charge < -0.3 is 25.2 Å². The second-order valence-corrected chi connectivity index (χ2v) is 12.3. The van der Waals surface area contributed by atoms with Crippen LogP contribution in [0.5, 0.6) is 0 Å². The number of alkyl halides is 3. The van der Waals surface area contributed by atoms with Gasteiger partial charge in [0.1, 0.15) is 13.2 Å². The van der Waals surface area contributed by atoms with Crippen molar-refractivity contribution in [2.45, 2.75) is 29.9 Å². The zero-order chi connectivity index (χ0) is 33.4. The number of aliphatic carboxylic acids is 1. The van der Waals surface area contributed by atoms with Gasteiger partial charge in [-0.1, -0.05) is 65.8 Å². The second-order valence-electron chi connectivity index (χ2n) is 9.95. The highest BCUT2D eigenvalue weighted by molar-refractivity contribution is 7.87. The van der Waals surface area contributed by atoms with Crippen LogP contribution in [-0.4, -0.2) is 76.0 Å². The summed E-state index contributed by atoms with van der Waals surface area (Å²) in [5.41, 5.74) is -0.928. The number of allylic oxidation sites excluding steroid dienone is 1. The topological polar surface area (TPSA) is 203 Å². The van der Waals surface area contributed by atoms with E-state index >= 15 is 0 Å². The van der Waals surface area contributed by atoms with Crippen LogP contribution in [0.1, 0.15) is 29.3 Å². The van der Waals surface area contributed by atoms with Crippen molar-refractivity contribution in [2.75, 3.05) is 12.8 Å². The molecule has 14 nitrogen and oxygen atoms in total. The number of carbonyl (C=O) groups is 3. The molecule has 3 atom stereocenters. The number of carboxylic acids is 1. The van der Waals surface area contributed by atoms with E-state index in [2.05, 4.69) is 24.0 Å². The van der Waals surface area contributed by atoms with Crippen molar-refractivity contribution in [1.82, 2.24) is 19.6 Å². The lowest BCUT2D eigenvalue weighted by molar-refractivity contribution is -0.157. The molecule has 1 fully saturated rings.